The van der Waals surface area contributed by atoms with Crippen LogP contribution in [0.15, 0.2) is 12.3 Å². The van der Waals surface area contributed by atoms with E-state index in [1.165, 1.54) is 19.3 Å². The van der Waals surface area contributed by atoms with Gasteiger partial charge in [-0.2, -0.15) is 0 Å². The van der Waals surface area contributed by atoms with Crippen LogP contribution in [0.4, 0.5) is 0 Å². The number of unbranched alkanes of at least 4 members (excludes halogenated alkanes) is 4. The van der Waals surface area contributed by atoms with Gasteiger partial charge in [0.25, 0.3) is 0 Å². The molecule has 0 fully saturated rings. The van der Waals surface area contributed by atoms with E-state index >= 15 is 0 Å². The molecule has 0 radical (unpaired) electrons. The third-order valence-corrected chi connectivity index (χ3v) is 3.16. The van der Waals surface area contributed by atoms with Gasteiger partial charge < -0.3 is 24.9 Å². The van der Waals surface area contributed by atoms with Gasteiger partial charge in [0.1, 0.15) is 19.7 Å². The molecule has 0 bridgehead atoms. The van der Waals surface area contributed by atoms with Crippen molar-refractivity contribution in [3.63, 3.8) is 0 Å². The molecule has 0 aromatic carbocycles. The fourth-order valence-electron chi connectivity index (χ4n) is 1.78. The smallest absolute Gasteiger partial charge is 0.182 e. The summed E-state index contributed by atoms with van der Waals surface area (Å²) in [7, 11) is 0. The summed E-state index contributed by atoms with van der Waals surface area (Å²) in [6.45, 7) is 1.25. The molecule has 0 aliphatic carbocycles. The Labute approximate surface area is 120 Å². The Hall–Kier alpha value is -1.11. The van der Waals surface area contributed by atoms with Crippen LogP contribution in [-0.2, 0) is 9.53 Å². The van der Waals surface area contributed by atoms with Gasteiger partial charge in [0.05, 0.1) is 12.2 Å². The van der Waals surface area contributed by atoms with Gasteiger partial charge in [-0.25, -0.2) is 0 Å². The SMILES string of the molecule is CCCCCC/C=C/OCC[N+](CO)(CO)CC(=O)[O-]. The lowest BCUT2D eigenvalue weighted by Gasteiger charge is -2.34. The molecule has 0 saturated heterocycles. The lowest BCUT2D eigenvalue weighted by molar-refractivity contribution is -0.956. The minimum absolute atomic E-state index is 0.209. The number of carbonyl (C=O) groups is 1. The van der Waals surface area contributed by atoms with Crippen LogP contribution in [0.5, 0.6) is 0 Å². The maximum absolute atomic E-state index is 10.6. The monoisotopic (exact) mass is 289 g/mol. The van der Waals surface area contributed by atoms with Gasteiger partial charge in [0, 0.05) is 0 Å². The van der Waals surface area contributed by atoms with Crippen molar-refractivity contribution in [1.82, 2.24) is 0 Å². The predicted molar refractivity (Wildman–Crippen MR) is 73.0 cm³/mol. The Morgan fingerprint density at radius 2 is 1.95 bits per heavy atom. The van der Waals surface area contributed by atoms with Crippen LogP contribution in [0.1, 0.15) is 39.0 Å². The van der Waals surface area contributed by atoms with Crippen LogP contribution in [0.2, 0.25) is 0 Å². The molecule has 6 heteroatoms. The van der Waals surface area contributed by atoms with E-state index < -0.39 is 26.0 Å². The maximum Gasteiger partial charge on any atom is 0.182 e. The number of aliphatic hydroxyl groups is 2. The number of hydrogen-bond acceptors (Lipinski definition) is 5. The summed E-state index contributed by atoms with van der Waals surface area (Å²) in [5.41, 5.74) is 0. The van der Waals surface area contributed by atoms with Gasteiger partial charge in [0.15, 0.2) is 13.5 Å². The van der Waals surface area contributed by atoms with Crippen molar-refractivity contribution >= 4 is 5.97 Å². The fourth-order valence-corrected chi connectivity index (χ4v) is 1.78. The molecule has 0 heterocycles. The van der Waals surface area contributed by atoms with Crippen molar-refractivity contribution in [3.05, 3.63) is 12.3 Å². The van der Waals surface area contributed by atoms with Crippen molar-refractivity contribution in [1.29, 1.82) is 0 Å². The molecule has 6 nitrogen and oxygen atoms in total. The van der Waals surface area contributed by atoms with Crippen molar-refractivity contribution in [2.75, 3.05) is 33.2 Å². The minimum atomic E-state index is -1.31. The van der Waals surface area contributed by atoms with E-state index in [0.717, 1.165) is 12.8 Å². The van der Waals surface area contributed by atoms with Crippen LogP contribution >= 0.6 is 0 Å². The average molecular weight is 289 g/mol. The number of ether oxygens (including phenoxy) is 1. The first-order valence-electron chi connectivity index (χ1n) is 7.13. The van der Waals surface area contributed by atoms with E-state index in [-0.39, 0.29) is 17.6 Å². The second kappa shape index (κ2) is 11.7. The molecule has 0 spiro atoms. The number of aliphatic carboxylic acids is 1. The molecule has 0 aliphatic heterocycles. The number of hydrogen-bond donors (Lipinski definition) is 2. The molecule has 0 aromatic heterocycles. The minimum Gasteiger partial charge on any atom is -0.544 e. The van der Waals surface area contributed by atoms with Gasteiger partial charge in [-0.05, 0) is 18.9 Å². The number of allylic oxidation sites excluding steroid dienone is 1. The first-order valence-corrected chi connectivity index (χ1v) is 7.13. The van der Waals surface area contributed by atoms with Crippen molar-refractivity contribution < 1.29 is 29.3 Å². The van der Waals surface area contributed by atoms with Gasteiger partial charge in [0.2, 0.25) is 0 Å². The Balaban J connectivity index is 3.83. The summed E-state index contributed by atoms with van der Waals surface area (Å²) in [6.07, 6.45) is 9.27. The first kappa shape index (κ1) is 18.9. The quantitative estimate of drug-likeness (QED) is 0.215. The van der Waals surface area contributed by atoms with Gasteiger partial charge in [-0.1, -0.05) is 26.2 Å². The van der Waals surface area contributed by atoms with Crippen LogP contribution < -0.4 is 5.11 Å². The fraction of sp³-hybridized carbons (Fsp3) is 0.786. The molecular weight excluding hydrogens is 262 g/mol. The van der Waals surface area contributed by atoms with Gasteiger partial charge in [-0.15, -0.1) is 0 Å². The standard InChI is InChI=1S/C14H27NO5/c1-2-3-4-5-6-7-9-20-10-8-15(12-16,13-17)11-14(18)19/h7,9,16-17H,2-6,8,10-13H2,1H3/b9-7+. The molecule has 0 saturated carbocycles. The lowest BCUT2D eigenvalue weighted by atomic mass is 10.1. The third kappa shape index (κ3) is 8.90. The molecular formula is C14H27NO5. The van der Waals surface area contributed by atoms with Crippen LogP contribution in [0.3, 0.4) is 0 Å². The van der Waals surface area contributed by atoms with Crippen LogP contribution in [-0.4, -0.2) is 53.8 Å². The van der Waals surface area contributed by atoms with Gasteiger partial charge in [-0.3, -0.25) is 4.48 Å². The van der Waals surface area contributed by atoms with E-state index in [4.69, 9.17) is 4.74 Å². The third-order valence-electron chi connectivity index (χ3n) is 3.16. The molecule has 0 rings (SSSR count). The van der Waals surface area contributed by atoms with Gasteiger partial charge >= 0.3 is 0 Å². The average Bonchev–Trinajstić information content (AvgIpc) is 2.44. The molecule has 0 amide bonds. The van der Waals surface area contributed by atoms with Crippen molar-refractivity contribution in [2.24, 2.45) is 0 Å². The Kier molecular flexibility index (Phi) is 11.0. The summed E-state index contributed by atoms with van der Waals surface area (Å²) in [4.78, 5) is 10.6. The Morgan fingerprint density at radius 3 is 2.50 bits per heavy atom. The first-order chi connectivity index (χ1) is 9.60. The number of quaternary nitrogens is 1. The molecule has 0 aliphatic rings. The molecule has 0 unspecified atom stereocenters. The largest absolute Gasteiger partial charge is 0.544 e. The Morgan fingerprint density at radius 1 is 1.25 bits per heavy atom. The van der Waals surface area contributed by atoms with E-state index in [2.05, 4.69) is 6.92 Å². The summed E-state index contributed by atoms with van der Waals surface area (Å²) in [5, 5.41) is 29.0. The molecule has 0 atom stereocenters. The highest BCUT2D eigenvalue weighted by molar-refractivity contribution is 5.65. The zero-order valence-electron chi connectivity index (χ0n) is 12.3. The second-order valence-electron chi connectivity index (χ2n) is 4.97. The van der Waals surface area contributed by atoms with Crippen molar-refractivity contribution in [2.45, 2.75) is 39.0 Å². The van der Waals surface area contributed by atoms with E-state index in [1.807, 2.05) is 6.08 Å². The summed E-state index contributed by atoms with van der Waals surface area (Å²) in [6, 6.07) is 0. The number of rotatable bonds is 13. The van der Waals surface area contributed by atoms with Crippen LogP contribution in [0, 0.1) is 0 Å². The summed E-state index contributed by atoms with van der Waals surface area (Å²) >= 11 is 0. The number of aliphatic hydroxyl groups excluding tert-OH is 2. The van der Waals surface area contributed by atoms with Crippen LogP contribution in [0.25, 0.3) is 0 Å². The highest BCUT2D eigenvalue weighted by Gasteiger charge is 2.25. The maximum atomic E-state index is 10.6. The molecule has 20 heavy (non-hydrogen) atoms. The molecule has 2 N–H and O–H groups in total. The zero-order chi connectivity index (χ0) is 15.3. The summed E-state index contributed by atoms with van der Waals surface area (Å²) in [5.74, 6) is -1.31. The Bertz CT molecular complexity index is 277. The lowest BCUT2D eigenvalue weighted by Crippen LogP contribution is -2.56. The number of carboxylic acids is 1. The van der Waals surface area contributed by atoms with E-state index in [9.17, 15) is 20.1 Å². The van der Waals surface area contributed by atoms with E-state index in [0.29, 0.717) is 0 Å². The highest BCUT2D eigenvalue weighted by atomic mass is 16.5. The molecule has 0 aromatic rings. The second-order valence-corrected chi connectivity index (χ2v) is 4.97. The molecule has 118 valence electrons. The number of nitrogens with zero attached hydrogens (tertiary/aromatic N) is 1. The number of carbonyl (C=O) groups excluding carboxylic acids is 1. The topological polar surface area (TPSA) is 89.8 Å². The number of carboxylic acid groups (broad SMARTS) is 1. The van der Waals surface area contributed by atoms with E-state index in [1.54, 1.807) is 6.26 Å². The normalized spacial score (nSPS) is 11.9. The van der Waals surface area contributed by atoms with Crippen molar-refractivity contribution in [3.8, 4) is 0 Å². The summed E-state index contributed by atoms with van der Waals surface area (Å²) < 4.78 is 4.88. The highest BCUT2D eigenvalue weighted by Crippen LogP contribution is 2.05. The zero-order valence-corrected chi connectivity index (χ0v) is 12.3. The predicted octanol–water partition coefficient (Wildman–Crippen LogP) is -0.0466.